The molecule has 0 heterocycles. The maximum Gasteiger partial charge on any atom is 0.0693 e. The molecule has 0 N–H and O–H groups in total. The summed E-state index contributed by atoms with van der Waals surface area (Å²) in [6.07, 6.45) is 0. The van der Waals surface area contributed by atoms with Crippen LogP contribution in [0, 0.1) is 12.1 Å². The molecular formula is C14Cl8. The first-order valence-corrected chi connectivity index (χ1v) is 8.54. The molecule has 0 saturated heterocycles. The van der Waals surface area contributed by atoms with Crippen LogP contribution in [0.2, 0.25) is 40.2 Å². The van der Waals surface area contributed by atoms with Crippen LogP contribution in [0.1, 0.15) is 0 Å². The number of halogens is 8. The zero-order chi connectivity index (χ0) is 16.3. The van der Waals surface area contributed by atoms with Gasteiger partial charge in [0.25, 0.3) is 0 Å². The molecule has 8 heteroatoms. The van der Waals surface area contributed by atoms with Crippen molar-refractivity contribution in [3.8, 4) is 0 Å². The van der Waals surface area contributed by atoms with Crippen molar-refractivity contribution in [2.45, 2.75) is 0 Å². The zero-order valence-corrected chi connectivity index (χ0v) is 16.1. The smallest absolute Gasteiger partial charge is 0.0693 e. The zero-order valence-electron chi connectivity index (χ0n) is 10.0. The predicted octanol–water partition coefficient (Wildman–Crippen LogP) is 8.82. The Morgan fingerprint density at radius 3 is 1.05 bits per heavy atom. The Balaban J connectivity index is 2.78. The van der Waals surface area contributed by atoms with E-state index in [4.69, 9.17) is 92.8 Å². The van der Waals surface area contributed by atoms with Crippen LogP contribution < -0.4 is 0 Å². The third-order valence-electron chi connectivity index (χ3n) is 3.08. The van der Waals surface area contributed by atoms with Gasteiger partial charge >= 0.3 is 0 Å². The molecule has 112 valence electrons. The number of fused-ring (bicyclic) bond motifs is 2. The second-order valence-electron chi connectivity index (χ2n) is 4.26. The van der Waals surface area contributed by atoms with E-state index in [0.717, 1.165) is 0 Å². The fourth-order valence-electron chi connectivity index (χ4n) is 2.16. The summed E-state index contributed by atoms with van der Waals surface area (Å²) in [5.74, 6) is 0. The summed E-state index contributed by atoms with van der Waals surface area (Å²) in [6, 6.07) is 5.41. The first kappa shape index (κ1) is 17.3. The molecule has 0 nitrogen and oxygen atoms in total. The molecule has 2 radical (unpaired) electrons. The number of hydrogen-bond donors (Lipinski definition) is 0. The van der Waals surface area contributed by atoms with Gasteiger partial charge in [-0.25, -0.2) is 0 Å². The van der Waals surface area contributed by atoms with Crippen LogP contribution in [0.3, 0.4) is 0 Å². The van der Waals surface area contributed by atoms with Gasteiger partial charge in [0.1, 0.15) is 0 Å². The minimum atomic E-state index is 0.118. The molecule has 3 aromatic rings. The summed E-state index contributed by atoms with van der Waals surface area (Å²) in [6.45, 7) is 0. The van der Waals surface area contributed by atoms with E-state index in [2.05, 4.69) is 12.1 Å². The van der Waals surface area contributed by atoms with Gasteiger partial charge in [-0.15, -0.1) is 0 Å². The monoisotopic (exact) mass is 448 g/mol. The van der Waals surface area contributed by atoms with E-state index in [9.17, 15) is 0 Å². The van der Waals surface area contributed by atoms with Gasteiger partial charge < -0.3 is 0 Å². The second-order valence-corrected chi connectivity index (χ2v) is 7.29. The third kappa shape index (κ3) is 2.44. The lowest BCUT2D eigenvalue weighted by Gasteiger charge is -2.15. The van der Waals surface area contributed by atoms with Crippen LogP contribution in [0.5, 0.6) is 0 Å². The molecular weight excluding hydrogens is 452 g/mol. The van der Waals surface area contributed by atoms with Gasteiger partial charge in [0.05, 0.1) is 40.2 Å². The summed E-state index contributed by atoms with van der Waals surface area (Å²) in [7, 11) is 0. The molecule has 0 aliphatic carbocycles. The minimum Gasteiger partial charge on any atom is -0.0829 e. The van der Waals surface area contributed by atoms with Crippen molar-refractivity contribution in [1.29, 1.82) is 0 Å². The van der Waals surface area contributed by atoms with Crippen molar-refractivity contribution in [2.75, 3.05) is 0 Å². The Morgan fingerprint density at radius 1 is 0.364 bits per heavy atom. The first-order valence-electron chi connectivity index (χ1n) is 5.51. The van der Waals surface area contributed by atoms with Crippen molar-refractivity contribution in [3.05, 3.63) is 52.3 Å². The molecule has 0 fully saturated rings. The molecule has 0 aliphatic heterocycles. The van der Waals surface area contributed by atoms with Gasteiger partial charge in [0.15, 0.2) is 0 Å². The highest BCUT2D eigenvalue weighted by Gasteiger charge is 2.23. The van der Waals surface area contributed by atoms with Crippen molar-refractivity contribution in [1.82, 2.24) is 0 Å². The summed E-state index contributed by atoms with van der Waals surface area (Å²) < 4.78 is 0. The van der Waals surface area contributed by atoms with Gasteiger partial charge in [-0.1, -0.05) is 92.8 Å². The van der Waals surface area contributed by atoms with Crippen molar-refractivity contribution < 1.29 is 0 Å². The lowest BCUT2D eigenvalue weighted by Crippen LogP contribution is -1.89. The van der Waals surface area contributed by atoms with Crippen LogP contribution in [-0.2, 0) is 0 Å². The van der Waals surface area contributed by atoms with Crippen LogP contribution in [0.4, 0.5) is 0 Å². The SMILES string of the molecule is Clc1[c]c(Cl)c2c(Cl)c3c(Cl)[c]c(Cl)c(Cl)c3c(Cl)c2c1Cl. The van der Waals surface area contributed by atoms with E-state index in [1.165, 1.54) is 0 Å². The topological polar surface area (TPSA) is 0 Å². The molecule has 3 aromatic carbocycles. The molecule has 0 aromatic heterocycles. The number of rotatable bonds is 0. The van der Waals surface area contributed by atoms with Crippen molar-refractivity contribution >= 4 is 114 Å². The van der Waals surface area contributed by atoms with Gasteiger partial charge in [-0.3, -0.25) is 0 Å². The minimum absolute atomic E-state index is 0.118. The van der Waals surface area contributed by atoms with Crippen LogP contribution >= 0.6 is 92.8 Å². The lowest BCUT2D eigenvalue weighted by molar-refractivity contribution is 1.73. The van der Waals surface area contributed by atoms with E-state index >= 15 is 0 Å². The Morgan fingerprint density at radius 2 is 0.682 bits per heavy atom. The van der Waals surface area contributed by atoms with E-state index < -0.39 is 0 Å². The molecule has 0 atom stereocenters. The van der Waals surface area contributed by atoms with Gasteiger partial charge in [-0.05, 0) is 0 Å². The fourth-order valence-corrected chi connectivity index (χ4v) is 4.62. The maximum absolute atomic E-state index is 6.45. The van der Waals surface area contributed by atoms with Gasteiger partial charge in [-0.2, -0.15) is 0 Å². The second kappa shape index (κ2) is 6.10. The van der Waals surface area contributed by atoms with Crippen LogP contribution in [0.25, 0.3) is 21.5 Å². The average molecular weight is 452 g/mol. The Kier molecular flexibility index (Phi) is 4.80. The highest BCUT2D eigenvalue weighted by Crippen LogP contribution is 2.51. The number of benzene rings is 3. The van der Waals surface area contributed by atoms with Crippen LogP contribution in [0.15, 0.2) is 0 Å². The van der Waals surface area contributed by atoms with E-state index in [0.29, 0.717) is 21.5 Å². The molecule has 0 unspecified atom stereocenters. The molecule has 0 spiro atoms. The summed E-state index contributed by atoms with van der Waals surface area (Å²) >= 11 is 49.7. The Bertz CT molecular complexity index is 886. The molecule has 0 bridgehead atoms. The quantitative estimate of drug-likeness (QED) is 0.236. The van der Waals surface area contributed by atoms with Gasteiger partial charge in [0.2, 0.25) is 0 Å². The Hall–Kier alpha value is 0.500. The highest BCUT2D eigenvalue weighted by atomic mass is 35.5. The Labute approximate surface area is 165 Å². The van der Waals surface area contributed by atoms with Crippen molar-refractivity contribution in [2.24, 2.45) is 0 Å². The van der Waals surface area contributed by atoms with E-state index in [1.807, 2.05) is 0 Å². The lowest BCUT2D eigenvalue weighted by atomic mass is 10.0. The van der Waals surface area contributed by atoms with E-state index in [1.54, 1.807) is 0 Å². The third-order valence-corrected chi connectivity index (χ3v) is 5.92. The average Bonchev–Trinajstić information content (AvgIpc) is 2.44. The van der Waals surface area contributed by atoms with Gasteiger partial charge in [0, 0.05) is 33.7 Å². The summed E-state index contributed by atoms with van der Waals surface area (Å²) in [4.78, 5) is 0. The summed E-state index contributed by atoms with van der Waals surface area (Å²) in [5, 5.41) is 2.77. The largest absolute Gasteiger partial charge is 0.0829 e. The highest BCUT2D eigenvalue weighted by molar-refractivity contribution is 6.59. The van der Waals surface area contributed by atoms with Crippen LogP contribution in [-0.4, -0.2) is 0 Å². The molecule has 0 saturated carbocycles. The maximum atomic E-state index is 6.45. The van der Waals surface area contributed by atoms with Crippen molar-refractivity contribution in [3.63, 3.8) is 0 Å². The molecule has 0 aliphatic rings. The fraction of sp³-hybridized carbons (Fsp3) is 0. The molecule has 0 amide bonds. The number of hydrogen-bond acceptors (Lipinski definition) is 0. The molecule has 22 heavy (non-hydrogen) atoms. The summed E-state index contributed by atoms with van der Waals surface area (Å²) in [5.41, 5.74) is 0. The molecule has 3 rings (SSSR count). The first-order chi connectivity index (χ1) is 10.3. The standard InChI is InChI=1S/C14Cl8/c15-3-1-5(17)11(19)9-7(3)13(21)8-4(16)2-6(18)12(20)10(8)14(9)22. The normalized spacial score (nSPS) is 11.6. The van der Waals surface area contributed by atoms with E-state index in [-0.39, 0.29) is 40.2 Å². The predicted molar refractivity (Wildman–Crippen MR) is 99.2 cm³/mol.